The van der Waals surface area contributed by atoms with Gasteiger partial charge in [-0.1, -0.05) is 140 Å². The maximum atomic E-state index is 12.1. The molecule has 0 radical (unpaired) electrons. The summed E-state index contributed by atoms with van der Waals surface area (Å²) in [5, 5.41) is 61.4. The number of carbonyl (C=O) groups excluding carboxylic acids is 4. The number of hydrogen-bond acceptors (Lipinski definition) is 24. The standard InChI is InChI=1S/C17H16N4O4S.C17H18N4O3S.C10H7NO3.C7H11N3O2S/c1-2-24-17(23)16-20-19-14(26-16)8-9-18-15(22)12-10-13(25-21-12)11-6-4-3-5-7-11;1-17(2,23)16-20-19-14(25-16)8-9-18-15(22)12-10-13(24-21-12)11-6-4-3-5-7-11;12-10(13)8-6-9(14-11-8)7-4-2-1-3-5-7;1-2-12-7(11)6-10-9-5(13-6)3-4-8/h3-7,10H,2,8-9H2,1H3,(H,18,22);3-7,10,23H,8-9H2,1-2H3,(H,18,22);1-6H,(H,12,13);2-4,8H2,1H3. The molecule has 0 aliphatic carbocycles. The number of rotatable bonds is 19. The summed E-state index contributed by atoms with van der Waals surface area (Å²) in [7, 11) is 0. The van der Waals surface area contributed by atoms with Crippen LogP contribution in [0, 0.1) is 0 Å². The molecule has 9 rings (SSSR count). The molecule has 0 aliphatic rings. The van der Waals surface area contributed by atoms with Crippen LogP contribution < -0.4 is 16.4 Å². The van der Waals surface area contributed by atoms with Gasteiger partial charge in [0, 0.05) is 67.2 Å². The Hall–Kier alpha value is -8.76. The summed E-state index contributed by atoms with van der Waals surface area (Å²) in [6.07, 6.45) is 1.63. The minimum absolute atomic E-state index is 0.0798. The van der Waals surface area contributed by atoms with Crippen molar-refractivity contribution >= 4 is 63.7 Å². The molecule has 0 aliphatic heterocycles. The van der Waals surface area contributed by atoms with Crippen molar-refractivity contribution in [3.8, 4) is 34.0 Å². The lowest BCUT2D eigenvalue weighted by Gasteiger charge is -2.11. The van der Waals surface area contributed by atoms with E-state index in [0.29, 0.717) is 77.8 Å². The summed E-state index contributed by atoms with van der Waals surface area (Å²) >= 11 is 3.71. The molecule has 406 valence electrons. The lowest BCUT2D eigenvalue weighted by Crippen LogP contribution is -2.25. The van der Waals surface area contributed by atoms with Crippen LogP contribution in [-0.4, -0.2) is 119 Å². The van der Waals surface area contributed by atoms with Gasteiger partial charge in [-0.2, -0.15) is 0 Å². The van der Waals surface area contributed by atoms with Gasteiger partial charge in [0.1, 0.15) is 25.6 Å². The monoisotopic (exact) mass is 1120 g/mol. The molecule has 0 fully saturated rings. The number of esters is 2. The molecule has 0 saturated heterocycles. The molecule has 6 heterocycles. The van der Waals surface area contributed by atoms with E-state index < -0.39 is 23.5 Å². The third-order valence-corrected chi connectivity index (χ3v) is 13.0. The fourth-order valence-electron chi connectivity index (χ4n) is 6.09. The Labute approximate surface area is 457 Å². The van der Waals surface area contributed by atoms with Crippen molar-refractivity contribution in [1.29, 1.82) is 0 Å². The van der Waals surface area contributed by atoms with E-state index in [9.17, 15) is 29.1 Å². The number of amides is 2. The number of carboxylic acids is 1. The summed E-state index contributed by atoms with van der Waals surface area (Å²) in [5.41, 5.74) is 7.20. The van der Waals surface area contributed by atoms with Crippen molar-refractivity contribution in [2.45, 2.75) is 52.6 Å². The van der Waals surface area contributed by atoms with Gasteiger partial charge in [0.15, 0.2) is 34.4 Å². The molecule has 0 spiro atoms. The summed E-state index contributed by atoms with van der Waals surface area (Å²) < 4.78 is 24.9. The second-order valence-electron chi connectivity index (χ2n) is 16.2. The molecule has 6 N–H and O–H groups in total. The Morgan fingerprint density at radius 2 is 0.923 bits per heavy atom. The Kier molecular flexibility index (Phi) is 22.1. The fourth-order valence-corrected chi connectivity index (χ4v) is 8.41. The molecule has 6 aromatic heterocycles. The number of carboxylic acid groups (broad SMARTS) is 1. The Morgan fingerprint density at radius 3 is 1.28 bits per heavy atom. The first kappa shape index (κ1) is 58.5. The van der Waals surface area contributed by atoms with Gasteiger partial charge in [-0.15, -0.1) is 30.6 Å². The summed E-state index contributed by atoms with van der Waals surface area (Å²) in [6.45, 7) is 8.68. The van der Waals surface area contributed by atoms with Crippen LogP contribution in [0.15, 0.2) is 123 Å². The third-order valence-electron chi connectivity index (χ3n) is 9.82. The maximum absolute atomic E-state index is 12.1. The number of hydrogen-bond donors (Lipinski definition) is 5. The SMILES string of the molecule is CC(C)(O)c1nnc(CCNC(=O)c2cc(-c3ccccc3)on2)s1.CCOC(=O)c1nnc(CCN)s1.CCOC(=O)c1nnc(CCNC(=O)c2cc(-c3ccccc3)on2)s1.O=C(O)c1cc(-c2ccccc2)on1. The smallest absolute Gasteiger partial charge is 0.369 e. The number of nitrogens with two attached hydrogens (primary N) is 1. The molecule has 2 amide bonds. The Morgan fingerprint density at radius 1 is 0.551 bits per heavy atom. The predicted molar refractivity (Wildman–Crippen MR) is 284 cm³/mol. The normalized spacial score (nSPS) is 10.6. The average Bonchev–Trinajstić information content (AvgIpc) is 4.32. The molecule has 0 unspecified atom stereocenters. The van der Waals surface area contributed by atoms with Crippen LogP contribution in [0.4, 0.5) is 0 Å². The molecular formula is C51H52N12O12S3. The topological polar surface area (TPSA) is 350 Å². The Bertz CT molecular complexity index is 3320. The number of carbonyl (C=O) groups is 5. The van der Waals surface area contributed by atoms with E-state index in [1.807, 2.05) is 91.0 Å². The number of benzene rings is 3. The molecule has 24 nitrogen and oxygen atoms in total. The molecule has 9 aromatic rings. The van der Waals surface area contributed by atoms with E-state index in [2.05, 4.69) is 56.7 Å². The van der Waals surface area contributed by atoms with Crippen molar-refractivity contribution in [3.63, 3.8) is 0 Å². The number of aromatic nitrogens is 9. The number of nitrogens with one attached hydrogen (secondary N) is 2. The van der Waals surface area contributed by atoms with E-state index in [-0.39, 0.29) is 40.5 Å². The lowest BCUT2D eigenvalue weighted by atomic mass is 10.1. The van der Waals surface area contributed by atoms with Gasteiger partial charge in [-0.05, 0) is 34.2 Å². The zero-order valence-corrected chi connectivity index (χ0v) is 44.8. The average molecular weight is 1120 g/mol. The third kappa shape index (κ3) is 17.9. The number of nitrogens with zero attached hydrogens (tertiary/aromatic N) is 9. The summed E-state index contributed by atoms with van der Waals surface area (Å²) in [4.78, 5) is 57.5. The van der Waals surface area contributed by atoms with E-state index in [1.54, 1.807) is 39.8 Å². The number of ether oxygens (including phenoxy) is 2. The molecule has 78 heavy (non-hydrogen) atoms. The van der Waals surface area contributed by atoms with E-state index in [0.717, 1.165) is 38.0 Å². The lowest BCUT2D eigenvalue weighted by molar-refractivity contribution is 0.0515. The highest BCUT2D eigenvalue weighted by atomic mass is 32.1. The van der Waals surface area contributed by atoms with Gasteiger partial charge < -0.3 is 49.6 Å². The van der Waals surface area contributed by atoms with Crippen LogP contribution in [0.25, 0.3) is 34.0 Å². The Balaban J connectivity index is 0.000000176. The van der Waals surface area contributed by atoms with Crippen LogP contribution in [0.3, 0.4) is 0 Å². The minimum atomic E-state index is -1.09. The van der Waals surface area contributed by atoms with Crippen LogP contribution in [0.2, 0.25) is 0 Å². The van der Waals surface area contributed by atoms with Crippen LogP contribution in [0.5, 0.6) is 0 Å². The molecule has 0 bridgehead atoms. The van der Waals surface area contributed by atoms with Crippen molar-refractivity contribution in [3.05, 3.63) is 156 Å². The van der Waals surface area contributed by atoms with E-state index >= 15 is 0 Å². The van der Waals surface area contributed by atoms with Gasteiger partial charge in [0.05, 0.1) is 13.2 Å². The second kappa shape index (κ2) is 29.5. The molecular weight excluding hydrogens is 1070 g/mol. The highest BCUT2D eigenvalue weighted by Gasteiger charge is 2.22. The summed E-state index contributed by atoms with van der Waals surface area (Å²) in [6, 6.07) is 32.7. The van der Waals surface area contributed by atoms with Crippen LogP contribution >= 0.6 is 34.0 Å². The highest BCUT2D eigenvalue weighted by molar-refractivity contribution is 7.13. The largest absolute Gasteiger partial charge is 0.476 e. The first-order chi connectivity index (χ1) is 37.6. The highest BCUT2D eigenvalue weighted by Crippen LogP contribution is 2.25. The van der Waals surface area contributed by atoms with Crippen molar-refractivity contribution in [1.82, 2.24) is 56.7 Å². The maximum Gasteiger partial charge on any atom is 0.369 e. The molecule has 0 atom stereocenters. The van der Waals surface area contributed by atoms with E-state index in [4.69, 9.17) is 33.9 Å². The summed E-state index contributed by atoms with van der Waals surface area (Å²) in [5.74, 6) is -1.11. The van der Waals surface area contributed by atoms with Crippen molar-refractivity contribution < 1.29 is 57.2 Å². The van der Waals surface area contributed by atoms with Gasteiger partial charge in [0.25, 0.3) is 11.8 Å². The number of aromatic carboxylic acids is 1. The zero-order valence-electron chi connectivity index (χ0n) is 42.4. The van der Waals surface area contributed by atoms with Crippen LogP contribution in [-0.2, 0) is 34.3 Å². The number of aliphatic hydroxyl groups is 1. The zero-order chi connectivity index (χ0) is 55.9. The van der Waals surface area contributed by atoms with E-state index in [1.165, 1.54) is 28.7 Å². The van der Waals surface area contributed by atoms with Crippen molar-refractivity contribution in [2.24, 2.45) is 5.73 Å². The molecule has 27 heteroatoms. The quantitative estimate of drug-likeness (QED) is 0.0509. The van der Waals surface area contributed by atoms with Gasteiger partial charge in [-0.25, -0.2) is 14.4 Å². The van der Waals surface area contributed by atoms with Crippen LogP contribution in [0.1, 0.15) is 98.8 Å². The molecule has 0 saturated carbocycles. The first-order valence-electron chi connectivity index (χ1n) is 23.8. The molecule has 3 aromatic carbocycles. The van der Waals surface area contributed by atoms with Crippen molar-refractivity contribution in [2.75, 3.05) is 32.8 Å². The minimum Gasteiger partial charge on any atom is -0.476 e. The van der Waals surface area contributed by atoms with Gasteiger partial charge >= 0.3 is 17.9 Å². The second-order valence-corrected chi connectivity index (χ2v) is 19.4. The predicted octanol–water partition coefficient (Wildman–Crippen LogP) is 6.99. The van der Waals surface area contributed by atoms with Gasteiger partial charge in [0.2, 0.25) is 10.0 Å². The fraction of sp³-hybridized carbons (Fsp3) is 0.255. The van der Waals surface area contributed by atoms with Gasteiger partial charge in [-0.3, -0.25) is 9.59 Å². The first-order valence-corrected chi connectivity index (χ1v) is 26.2.